The Morgan fingerprint density at radius 3 is 2.65 bits per heavy atom. The van der Waals surface area contributed by atoms with Crippen molar-refractivity contribution in [2.45, 2.75) is 37.2 Å². The van der Waals surface area contributed by atoms with E-state index in [0.29, 0.717) is 6.04 Å². The van der Waals surface area contributed by atoms with Crippen LogP contribution in [0.4, 0.5) is 0 Å². The highest BCUT2D eigenvalue weighted by Crippen LogP contribution is 2.21. The molecule has 1 aromatic heterocycles. The molecule has 4 nitrogen and oxygen atoms in total. The van der Waals surface area contributed by atoms with Crippen molar-refractivity contribution in [3.63, 3.8) is 0 Å². The van der Waals surface area contributed by atoms with Gasteiger partial charge in [0, 0.05) is 33.6 Å². The van der Waals surface area contributed by atoms with Crippen molar-refractivity contribution in [2.24, 2.45) is 5.73 Å². The number of halogens is 1. The molecule has 0 fully saturated rings. The molecule has 0 bridgehead atoms. The summed E-state index contributed by atoms with van der Waals surface area (Å²) in [6.45, 7) is 4.20. The van der Waals surface area contributed by atoms with Crippen LogP contribution in [0.3, 0.4) is 0 Å². The first-order valence-electron chi connectivity index (χ1n) is 6.58. The van der Waals surface area contributed by atoms with Crippen molar-refractivity contribution in [3.05, 3.63) is 40.9 Å². The second kappa shape index (κ2) is 7.24. The van der Waals surface area contributed by atoms with E-state index in [1.807, 2.05) is 16.8 Å². The van der Waals surface area contributed by atoms with E-state index in [1.54, 1.807) is 18.1 Å². The lowest BCUT2D eigenvalue weighted by atomic mass is 10.2. The molecule has 108 valence electrons. The highest BCUT2D eigenvalue weighted by molar-refractivity contribution is 9.10. The molecular formula is C14H19BrN4S. The van der Waals surface area contributed by atoms with Gasteiger partial charge in [-0.2, -0.15) is 5.10 Å². The Labute approximate surface area is 132 Å². The molecule has 2 N–H and O–H groups in total. The molecule has 0 radical (unpaired) electrons. The summed E-state index contributed by atoms with van der Waals surface area (Å²) in [6.07, 6.45) is 2.35. The predicted octanol–water partition coefficient (Wildman–Crippen LogP) is 3.28. The molecule has 6 heteroatoms. The van der Waals surface area contributed by atoms with Gasteiger partial charge >= 0.3 is 0 Å². The predicted molar refractivity (Wildman–Crippen MR) is 87.0 cm³/mol. The van der Waals surface area contributed by atoms with Crippen LogP contribution in [0, 0.1) is 0 Å². The molecule has 0 spiro atoms. The van der Waals surface area contributed by atoms with Crippen LogP contribution in [-0.2, 0) is 6.42 Å². The number of nitrogens with zero attached hydrogens (tertiary/aromatic N) is 3. The third kappa shape index (κ3) is 4.33. The third-order valence-corrected chi connectivity index (χ3v) is 4.59. The molecule has 2 aromatic rings. The summed E-state index contributed by atoms with van der Waals surface area (Å²) in [6, 6.07) is 8.67. The Balaban J connectivity index is 1.87. The van der Waals surface area contributed by atoms with Gasteiger partial charge in [-0.1, -0.05) is 15.9 Å². The van der Waals surface area contributed by atoms with Crippen LogP contribution in [0.25, 0.3) is 0 Å². The van der Waals surface area contributed by atoms with E-state index in [-0.39, 0.29) is 6.04 Å². The molecule has 0 aliphatic heterocycles. The number of thioether (sulfide) groups is 1. The average molecular weight is 355 g/mol. The maximum atomic E-state index is 6.20. The Morgan fingerprint density at radius 1 is 1.30 bits per heavy atom. The van der Waals surface area contributed by atoms with E-state index in [4.69, 9.17) is 5.73 Å². The smallest absolute Gasteiger partial charge is 0.138 e. The molecule has 1 aromatic carbocycles. The molecule has 20 heavy (non-hydrogen) atoms. The zero-order valence-electron chi connectivity index (χ0n) is 11.7. The van der Waals surface area contributed by atoms with Gasteiger partial charge in [-0.25, -0.2) is 9.67 Å². The normalized spacial score (nSPS) is 12.8. The van der Waals surface area contributed by atoms with Crippen LogP contribution < -0.4 is 5.73 Å². The van der Waals surface area contributed by atoms with Crippen LogP contribution in [0.1, 0.15) is 25.7 Å². The summed E-state index contributed by atoms with van der Waals surface area (Å²) in [5.41, 5.74) is 6.20. The van der Waals surface area contributed by atoms with Crippen LogP contribution in [0.15, 0.2) is 40.0 Å². The lowest BCUT2D eigenvalue weighted by Crippen LogP contribution is -2.27. The number of hydrogen-bond donors (Lipinski definition) is 1. The minimum Gasteiger partial charge on any atom is -0.327 e. The van der Waals surface area contributed by atoms with Gasteiger partial charge in [0.05, 0.1) is 0 Å². The van der Waals surface area contributed by atoms with Crippen molar-refractivity contribution in [2.75, 3.05) is 5.75 Å². The summed E-state index contributed by atoms with van der Waals surface area (Å²) in [5.74, 6) is 1.83. The Bertz CT molecular complexity index is 538. The van der Waals surface area contributed by atoms with Crippen molar-refractivity contribution >= 4 is 27.7 Å². The molecular weight excluding hydrogens is 336 g/mol. The van der Waals surface area contributed by atoms with Crippen molar-refractivity contribution < 1.29 is 0 Å². The second-order valence-electron chi connectivity index (χ2n) is 4.94. The first-order valence-corrected chi connectivity index (χ1v) is 8.36. The highest BCUT2D eigenvalue weighted by atomic mass is 79.9. The number of aromatic nitrogens is 3. The fourth-order valence-corrected chi connectivity index (χ4v) is 3.00. The first kappa shape index (κ1) is 15.5. The quantitative estimate of drug-likeness (QED) is 0.808. The lowest BCUT2D eigenvalue weighted by Gasteiger charge is -2.13. The van der Waals surface area contributed by atoms with Crippen LogP contribution in [0.2, 0.25) is 0 Å². The molecule has 0 amide bonds. The lowest BCUT2D eigenvalue weighted by molar-refractivity contribution is 0.496. The maximum absolute atomic E-state index is 6.20. The SMILES string of the molecule is CC(C)n1ncnc1CC(N)CSc1ccc(Br)cc1. The van der Waals surface area contributed by atoms with Gasteiger partial charge in [0.1, 0.15) is 12.2 Å². The summed E-state index contributed by atoms with van der Waals surface area (Å²) < 4.78 is 3.03. The standard InChI is InChI=1S/C14H19BrN4S/c1-10(2)19-14(17-9-18-19)7-12(16)8-20-13-5-3-11(15)4-6-13/h3-6,9-10,12H,7-8,16H2,1-2H3. The molecule has 2 rings (SSSR count). The van der Waals surface area contributed by atoms with Crippen molar-refractivity contribution in [1.29, 1.82) is 0 Å². The van der Waals surface area contributed by atoms with E-state index < -0.39 is 0 Å². The van der Waals surface area contributed by atoms with Gasteiger partial charge in [-0.15, -0.1) is 11.8 Å². The fourth-order valence-electron chi connectivity index (χ4n) is 1.88. The summed E-state index contributed by atoms with van der Waals surface area (Å²) >= 11 is 5.20. The highest BCUT2D eigenvalue weighted by Gasteiger charge is 2.12. The minimum atomic E-state index is 0.0744. The Hall–Kier alpha value is -0.850. The van der Waals surface area contributed by atoms with Gasteiger partial charge < -0.3 is 5.73 Å². The Kier molecular flexibility index (Phi) is 5.63. The molecule has 1 heterocycles. The van der Waals surface area contributed by atoms with E-state index in [0.717, 1.165) is 22.5 Å². The van der Waals surface area contributed by atoms with Gasteiger partial charge in [-0.3, -0.25) is 0 Å². The van der Waals surface area contributed by atoms with E-state index in [9.17, 15) is 0 Å². The molecule has 0 saturated carbocycles. The molecule has 0 aliphatic rings. The third-order valence-electron chi connectivity index (χ3n) is 2.86. The van der Waals surface area contributed by atoms with Crippen LogP contribution in [0.5, 0.6) is 0 Å². The average Bonchev–Trinajstić information content (AvgIpc) is 2.86. The zero-order chi connectivity index (χ0) is 14.5. The number of rotatable bonds is 6. The van der Waals surface area contributed by atoms with Gasteiger partial charge in [0.2, 0.25) is 0 Å². The van der Waals surface area contributed by atoms with Gasteiger partial charge in [-0.05, 0) is 38.1 Å². The Morgan fingerprint density at radius 2 is 2.00 bits per heavy atom. The summed E-state index contributed by atoms with van der Waals surface area (Å²) in [7, 11) is 0. The summed E-state index contributed by atoms with van der Waals surface area (Å²) in [4.78, 5) is 5.53. The van der Waals surface area contributed by atoms with Crippen LogP contribution >= 0.6 is 27.7 Å². The molecule has 1 unspecified atom stereocenters. The summed E-state index contributed by atoms with van der Waals surface area (Å²) in [5, 5.41) is 4.23. The fraction of sp³-hybridized carbons (Fsp3) is 0.429. The zero-order valence-corrected chi connectivity index (χ0v) is 14.1. The van der Waals surface area contributed by atoms with Crippen molar-refractivity contribution in [1.82, 2.24) is 14.8 Å². The van der Waals surface area contributed by atoms with Gasteiger partial charge in [0.15, 0.2) is 0 Å². The molecule has 0 saturated heterocycles. The monoisotopic (exact) mass is 354 g/mol. The van der Waals surface area contributed by atoms with Crippen molar-refractivity contribution in [3.8, 4) is 0 Å². The topological polar surface area (TPSA) is 56.7 Å². The van der Waals surface area contributed by atoms with E-state index >= 15 is 0 Å². The largest absolute Gasteiger partial charge is 0.327 e. The van der Waals surface area contributed by atoms with E-state index in [2.05, 4.69) is 52.0 Å². The molecule has 0 aliphatic carbocycles. The number of benzene rings is 1. The van der Waals surface area contributed by atoms with E-state index in [1.165, 1.54) is 4.90 Å². The molecule has 1 atom stereocenters. The second-order valence-corrected chi connectivity index (χ2v) is 6.95. The van der Waals surface area contributed by atoms with Gasteiger partial charge in [0.25, 0.3) is 0 Å². The first-order chi connectivity index (χ1) is 9.56. The number of hydrogen-bond acceptors (Lipinski definition) is 4. The number of nitrogens with two attached hydrogens (primary N) is 1. The maximum Gasteiger partial charge on any atom is 0.138 e. The minimum absolute atomic E-state index is 0.0744. The van der Waals surface area contributed by atoms with Crippen LogP contribution in [-0.4, -0.2) is 26.6 Å².